The zero-order chi connectivity index (χ0) is 44.7. The topological polar surface area (TPSA) is 18.5 Å². The number of fused-ring (bicyclic) bond motifs is 3. The molecule has 0 aliphatic rings. The third-order valence-corrected chi connectivity index (χ3v) is 12.4. The van der Waals surface area contributed by atoms with Crippen LogP contribution in [0.1, 0.15) is 55.6 Å². The number of ether oxygens (including phenoxy) is 2. The van der Waals surface area contributed by atoms with Crippen molar-refractivity contribution in [2.45, 2.75) is 0 Å². The highest BCUT2D eigenvalue weighted by molar-refractivity contribution is 6.01. The second kappa shape index (κ2) is 19.1. The average molecular weight is 849 g/mol. The third kappa shape index (κ3) is 8.99. The number of methoxy groups -OCH3 is 2. The summed E-state index contributed by atoms with van der Waals surface area (Å²) in [6, 6.07) is 77.6. The molecule has 2 nitrogen and oxygen atoms in total. The van der Waals surface area contributed by atoms with Crippen molar-refractivity contribution in [1.82, 2.24) is 0 Å². The predicted molar refractivity (Wildman–Crippen MR) is 283 cm³/mol. The molecule has 0 heterocycles. The van der Waals surface area contributed by atoms with Gasteiger partial charge in [0.15, 0.2) is 0 Å². The van der Waals surface area contributed by atoms with Crippen molar-refractivity contribution in [2.24, 2.45) is 0 Å². The van der Waals surface area contributed by atoms with Gasteiger partial charge in [-0.2, -0.15) is 0 Å². The van der Waals surface area contributed by atoms with Crippen LogP contribution in [0.5, 0.6) is 11.5 Å². The highest BCUT2D eigenvalue weighted by Crippen LogP contribution is 2.34. The molecule has 0 N–H and O–H groups in total. The summed E-state index contributed by atoms with van der Waals surface area (Å²) >= 11 is 0. The second-order valence-electron chi connectivity index (χ2n) is 16.4. The lowest BCUT2D eigenvalue weighted by atomic mass is 9.92. The van der Waals surface area contributed by atoms with E-state index in [0.29, 0.717) is 0 Å². The molecule has 0 saturated carbocycles. The molecule has 10 rings (SSSR count). The van der Waals surface area contributed by atoms with Crippen molar-refractivity contribution in [3.8, 4) is 11.5 Å². The molecule has 0 saturated heterocycles. The lowest BCUT2D eigenvalue weighted by Crippen LogP contribution is -1.92. The fourth-order valence-corrected chi connectivity index (χ4v) is 8.82. The Kier molecular flexibility index (Phi) is 12.0. The molecular formula is C64H48O2. The summed E-state index contributed by atoms with van der Waals surface area (Å²) in [6.45, 7) is 0. The number of hydrogen-bond acceptors (Lipinski definition) is 2. The summed E-state index contributed by atoms with van der Waals surface area (Å²) < 4.78 is 11.1. The molecule has 10 aromatic rings. The van der Waals surface area contributed by atoms with Crippen LogP contribution >= 0.6 is 0 Å². The van der Waals surface area contributed by atoms with Crippen LogP contribution < -0.4 is 9.47 Å². The smallest absolute Gasteiger partial charge is 0.118 e. The Hall–Kier alpha value is -8.46. The van der Waals surface area contributed by atoms with Gasteiger partial charge in [-0.3, -0.25) is 0 Å². The van der Waals surface area contributed by atoms with E-state index in [4.69, 9.17) is 9.47 Å². The van der Waals surface area contributed by atoms with E-state index in [9.17, 15) is 0 Å². The monoisotopic (exact) mass is 848 g/mol. The van der Waals surface area contributed by atoms with Gasteiger partial charge in [0.2, 0.25) is 0 Å². The van der Waals surface area contributed by atoms with Crippen LogP contribution in [0.15, 0.2) is 218 Å². The molecule has 0 fully saturated rings. The first-order chi connectivity index (χ1) is 32.6. The van der Waals surface area contributed by atoms with Gasteiger partial charge in [0.1, 0.15) is 11.5 Å². The Morgan fingerprint density at radius 2 is 0.682 bits per heavy atom. The van der Waals surface area contributed by atoms with E-state index in [0.717, 1.165) is 78.3 Å². The van der Waals surface area contributed by atoms with E-state index in [1.54, 1.807) is 14.2 Å². The van der Waals surface area contributed by atoms with E-state index in [1.165, 1.54) is 32.3 Å². The van der Waals surface area contributed by atoms with Crippen molar-refractivity contribution >= 4 is 79.9 Å². The van der Waals surface area contributed by atoms with E-state index < -0.39 is 0 Å². The van der Waals surface area contributed by atoms with Gasteiger partial charge >= 0.3 is 0 Å². The first-order valence-electron chi connectivity index (χ1n) is 22.4. The van der Waals surface area contributed by atoms with Crippen molar-refractivity contribution in [3.63, 3.8) is 0 Å². The Balaban J connectivity index is 1.05. The molecule has 2 heteroatoms. The van der Waals surface area contributed by atoms with Crippen LogP contribution in [0.3, 0.4) is 0 Å². The van der Waals surface area contributed by atoms with E-state index in [2.05, 4.69) is 231 Å². The standard InChI is InChI=1S/C64H48O2/c1-65-59-36-31-51(32-37-59)63(57-29-24-45-13-3-7-18-53(45)41-57)43-55-20-9-5-15-47(55)23-26-50-28-27-49-17-11-12-22-61(49)62(50)40-35-48-16-6-10-21-56(48)44-64(52-33-38-60(66-2)39-34-52)58-30-25-46-14-4-8-19-54(46)42-58/h3-44H,1-2H3/b26-23?,40-35?,63-43+,64-44+. The minimum atomic E-state index is 0.833. The Bertz CT molecular complexity index is 3470. The maximum absolute atomic E-state index is 5.54. The molecule has 0 spiro atoms. The molecule has 0 radical (unpaired) electrons. The molecule has 0 aromatic heterocycles. The van der Waals surface area contributed by atoms with Crippen LogP contribution in [0, 0.1) is 0 Å². The quantitative estimate of drug-likeness (QED) is 0.114. The summed E-state index contributed by atoms with van der Waals surface area (Å²) in [6.07, 6.45) is 13.7. The number of rotatable bonds is 12. The van der Waals surface area contributed by atoms with Crippen molar-refractivity contribution < 1.29 is 9.47 Å². The zero-order valence-corrected chi connectivity index (χ0v) is 37.1. The van der Waals surface area contributed by atoms with Crippen LogP contribution in [0.25, 0.3) is 79.9 Å². The Morgan fingerprint density at radius 3 is 1.18 bits per heavy atom. The molecule has 316 valence electrons. The van der Waals surface area contributed by atoms with Crippen molar-refractivity contribution in [2.75, 3.05) is 14.2 Å². The summed E-state index contributed by atoms with van der Waals surface area (Å²) in [5, 5.41) is 7.26. The summed E-state index contributed by atoms with van der Waals surface area (Å²) in [5.41, 5.74) is 13.6. The van der Waals surface area contributed by atoms with Crippen molar-refractivity contribution in [3.05, 3.63) is 274 Å². The van der Waals surface area contributed by atoms with Gasteiger partial charge in [-0.25, -0.2) is 0 Å². The van der Waals surface area contributed by atoms with Crippen LogP contribution in [-0.4, -0.2) is 14.2 Å². The molecular weight excluding hydrogens is 801 g/mol. The van der Waals surface area contributed by atoms with Gasteiger partial charge in [-0.15, -0.1) is 0 Å². The molecule has 0 bridgehead atoms. The molecule has 0 aliphatic heterocycles. The molecule has 0 aliphatic carbocycles. The van der Waals surface area contributed by atoms with Crippen LogP contribution in [0.2, 0.25) is 0 Å². The highest BCUT2D eigenvalue weighted by atomic mass is 16.5. The van der Waals surface area contributed by atoms with E-state index >= 15 is 0 Å². The lowest BCUT2D eigenvalue weighted by molar-refractivity contribution is 0.414. The predicted octanol–water partition coefficient (Wildman–Crippen LogP) is 16.7. The largest absolute Gasteiger partial charge is 0.497 e. The van der Waals surface area contributed by atoms with E-state index in [1.807, 2.05) is 24.3 Å². The zero-order valence-electron chi connectivity index (χ0n) is 37.1. The minimum Gasteiger partial charge on any atom is -0.497 e. The fourth-order valence-electron chi connectivity index (χ4n) is 8.82. The van der Waals surface area contributed by atoms with Gasteiger partial charge in [0.05, 0.1) is 14.2 Å². The fraction of sp³-hybridized carbons (Fsp3) is 0.0312. The second-order valence-corrected chi connectivity index (χ2v) is 16.4. The number of benzene rings is 10. The summed E-state index contributed by atoms with van der Waals surface area (Å²) in [4.78, 5) is 0. The van der Waals surface area contributed by atoms with Gasteiger partial charge in [0.25, 0.3) is 0 Å². The van der Waals surface area contributed by atoms with Gasteiger partial charge in [-0.05, 0) is 148 Å². The molecule has 0 amide bonds. The normalized spacial score (nSPS) is 12.2. The van der Waals surface area contributed by atoms with Crippen molar-refractivity contribution in [1.29, 1.82) is 0 Å². The molecule has 66 heavy (non-hydrogen) atoms. The molecule has 0 unspecified atom stereocenters. The minimum absolute atomic E-state index is 0.833. The first kappa shape index (κ1) is 41.5. The maximum Gasteiger partial charge on any atom is 0.118 e. The average Bonchev–Trinajstić information content (AvgIpc) is 3.38. The molecule has 0 atom stereocenters. The Morgan fingerprint density at radius 1 is 0.303 bits per heavy atom. The molecule has 10 aromatic carbocycles. The van der Waals surface area contributed by atoms with Gasteiger partial charge in [-0.1, -0.05) is 206 Å². The maximum atomic E-state index is 5.54. The Labute approximate surface area is 387 Å². The van der Waals surface area contributed by atoms with Gasteiger partial charge in [0, 0.05) is 0 Å². The first-order valence-corrected chi connectivity index (χ1v) is 22.4. The van der Waals surface area contributed by atoms with E-state index in [-0.39, 0.29) is 0 Å². The van der Waals surface area contributed by atoms with Gasteiger partial charge < -0.3 is 9.47 Å². The lowest BCUT2D eigenvalue weighted by Gasteiger charge is -2.13. The highest BCUT2D eigenvalue weighted by Gasteiger charge is 2.12. The third-order valence-electron chi connectivity index (χ3n) is 12.4. The van der Waals surface area contributed by atoms with Crippen LogP contribution in [-0.2, 0) is 0 Å². The summed E-state index contributed by atoms with van der Waals surface area (Å²) in [7, 11) is 3.41. The number of hydrogen-bond donors (Lipinski definition) is 0. The SMILES string of the molecule is COc1ccc(/C(=C\c2ccccc2C=Cc2ccc3ccccc3c2C=Cc2ccccc2/C=C(\c2ccc(OC)cc2)c2ccc3ccccc3c2)c2ccc3ccccc3c2)cc1. The van der Waals surface area contributed by atoms with Crippen LogP contribution in [0.4, 0.5) is 0 Å². The summed E-state index contributed by atoms with van der Waals surface area (Å²) in [5.74, 6) is 1.67.